The number of nitrogens with two attached hydrogens (primary N) is 1. The number of hydrogen-bond acceptors (Lipinski definition) is 4. The highest BCUT2D eigenvalue weighted by atomic mass is 35.5. The lowest BCUT2D eigenvalue weighted by Crippen LogP contribution is -2.38. The molecule has 98 valence electrons. The first-order valence-corrected chi connectivity index (χ1v) is 7.35. The molecule has 0 saturated carbocycles. The molecule has 1 aromatic rings. The maximum absolute atomic E-state index is 6.20. The molecule has 0 aliphatic carbocycles. The fourth-order valence-electron chi connectivity index (χ4n) is 1.69. The van der Waals surface area contributed by atoms with E-state index >= 15 is 0 Å². The van der Waals surface area contributed by atoms with Crippen LogP contribution < -0.4 is 11.3 Å². The van der Waals surface area contributed by atoms with Crippen LogP contribution in [0.1, 0.15) is 24.6 Å². The Morgan fingerprint density at radius 2 is 2.29 bits per heavy atom. The van der Waals surface area contributed by atoms with Crippen molar-refractivity contribution in [3.63, 3.8) is 0 Å². The molecule has 4 nitrogen and oxygen atoms in total. The number of aryl methyl sites for hydroxylation is 2. The molecular weight excluding hydrogens is 256 g/mol. The fourth-order valence-corrected chi connectivity index (χ4v) is 2.89. The summed E-state index contributed by atoms with van der Waals surface area (Å²) in [6.45, 7) is 4.16. The van der Waals surface area contributed by atoms with Gasteiger partial charge in [0.2, 0.25) is 0 Å². The van der Waals surface area contributed by atoms with Gasteiger partial charge in [-0.05, 0) is 25.5 Å². The van der Waals surface area contributed by atoms with E-state index in [4.69, 9.17) is 17.4 Å². The largest absolute Gasteiger partial charge is 0.271 e. The summed E-state index contributed by atoms with van der Waals surface area (Å²) in [4.78, 5) is 0. The average molecular weight is 277 g/mol. The van der Waals surface area contributed by atoms with Crippen LogP contribution in [0, 0.1) is 6.92 Å². The summed E-state index contributed by atoms with van der Waals surface area (Å²) in [5, 5.41) is 5.02. The first-order valence-electron chi connectivity index (χ1n) is 5.82. The Bertz CT molecular complexity index is 353. The number of aromatic nitrogens is 2. The molecule has 0 bridgehead atoms. The van der Waals surface area contributed by atoms with Crippen LogP contribution in [0.2, 0.25) is 5.15 Å². The lowest BCUT2D eigenvalue weighted by Gasteiger charge is -2.15. The van der Waals surface area contributed by atoms with E-state index in [-0.39, 0.29) is 6.04 Å². The van der Waals surface area contributed by atoms with Gasteiger partial charge in [-0.25, -0.2) is 0 Å². The molecule has 1 rings (SSSR count). The van der Waals surface area contributed by atoms with Gasteiger partial charge >= 0.3 is 0 Å². The standard InChI is InChI=1S/C11H21ClN4S/c1-4-5-17-7-9(14-13)6-10-8(2)15-16(3)11(10)12/h9,14H,4-7,13H2,1-3H3. The first-order chi connectivity index (χ1) is 8.10. The van der Waals surface area contributed by atoms with E-state index < -0.39 is 0 Å². The molecule has 6 heteroatoms. The van der Waals surface area contributed by atoms with Crippen LogP contribution in [0.4, 0.5) is 0 Å². The number of nitrogens with one attached hydrogen (secondary N) is 1. The molecule has 0 radical (unpaired) electrons. The fraction of sp³-hybridized carbons (Fsp3) is 0.727. The van der Waals surface area contributed by atoms with E-state index in [0.717, 1.165) is 29.2 Å². The molecule has 0 saturated heterocycles. The van der Waals surface area contributed by atoms with Crippen LogP contribution in [0.5, 0.6) is 0 Å². The summed E-state index contributed by atoms with van der Waals surface area (Å²) in [7, 11) is 1.86. The Hall–Kier alpha value is -0.230. The van der Waals surface area contributed by atoms with Gasteiger partial charge in [-0.1, -0.05) is 18.5 Å². The zero-order valence-electron chi connectivity index (χ0n) is 10.7. The topological polar surface area (TPSA) is 55.9 Å². The van der Waals surface area contributed by atoms with Gasteiger partial charge in [0, 0.05) is 24.4 Å². The van der Waals surface area contributed by atoms with Gasteiger partial charge in [0.15, 0.2) is 0 Å². The highest BCUT2D eigenvalue weighted by Crippen LogP contribution is 2.21. The molecule has 1 heterocycles. The second-order valence-corrected chi connectivity index (χ2v) is 5.63. The predicted octanol–water partition coefficient (Wildman–Crippen LogP) is 1.90. The molecule has 17 heavy (non-hydrogen) atoms. The average Bonchev–Trinajstić information content (AvgIpc) is 2.54. The number of rotatable bonds is 7. The number of nitrogens with zero attached hydrogens (tertiary/aromatic N) is 2. The molecule has 3 N–H and O–H groups in total. The van der Waals surface area contributed by atoms with E-state index in [1.165, 1.54) is 6.42 Å². The van der Waals surface area contributed by atoms with Crippen LogP contribution in [-0.4, -0.2) is 27.3 Å². The summed E-state index contributed by atoms with van der Waals surface area (Å²) in [6.07, 6.45) is 2.01. The predicted molar refractivity (Wildman–Crippen MR) is 75.4 cm³/mol. The Morgan fingerprint density at radius 1 is 1.59 bits per heavy atom. The number of halogens is 1. The summed E-state index contributed by atoms with van der Waals surface area (Å²) < 4.78 is 1.71. The van der Waals surface area contributed by atoms with Gasteiger partial charge in [-0.3, -0.25) is 16.0 Å². The van der Waals surface area contributed by atoms with E-state index in [0.29, 0.717) is 5.15 Å². The van der Waals surface area contributed by atoms with Crippen LogP contribution in [0.15, 0.2) is 0 Å². The smallest absolute Gasteiger partial charge is 0.130 e. The lowest BCUT2D eigenvalue weighted by atomic mass is 10.1. The summed E-state index contributed by atoms with van der Waals surface area (Å²) in [5.41, 5.74) is 4.93. The van der Waals surface area contributed by atoms with E-state index in [1.807, 2.05) is 25.7 Å². The van der Waals surface area contributed by atoms with Crippen LogP contribution in [0.25, 0.3) is 0 Å². The maximum Gasteiger partial charge on any atom is 0.130 e. The summed E-state index contributed by atoms with van der Waals surface area (Å²) >= 11 is 8.11. The van der Waals surface area contributed by atoms with Crippen LogP contribution in [0.3, 0.4) is 0 Å². The molecule has 1 aromatic heterocycles. The van der Waals surface area contributed by atoms with Crippen molar-refractivity contribution in [3.8, 4) is 0 Å². The van der Waals surface area contributed by atoms with Crippen molar-refractivity contribution >= 4 is 23.4 Å². The monoisotopic (exact) mass is 276 g/mol. The summed E-state index contributed by atoms with van der Waals surface area (Å²) in [6, 6.07) is 0.243. The van der Waals surface area contributed by atoms with Crippen molar-refractivity contribution < 1.29 is 0 Å². The number of thioether (sulfide) groups is 1. The van der Waals surface area contributed by atoms with Crippen molar-refractivity contribution in [2.45, 2.75) is 32.7 Å². The van der Waals surface area contributed by atoms with Gasteiger partial charge in [0.25, 0.3) is 0 Å². The molecule has 0 spiro atoms. The van der Waals surface area contributed by atoms with Crippen molar-refractivity contribution in [2.24, 2.45) is 12.9 Å². The molecule has 0 fully saturated rings. The molecule has 0 aliphatic rings. The second kappa shape index (κ2) is 7.26. The third-order valence-electron chi connectivity index (χ3n) is 2.62. The minimum Gasteiger partial charge on any atom is -0.271 e. The Kier molecular flexibility index (Phi) is 6.33. The quantitative estimate of drug-likeness (QED) is 0.454. The zero-order valence-corrected chi connectivity index (χ0v) is 12.2. The lowest BCUT2D eigenvalue weighted by molar-refractivity contribution is 0.574. The van der Waals surface area contributed by atoms with Crippen molar-refractivity contribution in [2.75, 3.05) is 11.5 Å². The zero-order chi connectivity index (χ0) is 12.8. The van der Waals surface area contributed by atoms with Gasteiger partial charge < -0.3 is 0 Å². The minimum absolute atomic E-state index is 0.243. The second-order valence-electron chi connectivity index (χ2n) is 4.12. The SMILES string of the molecule is CCCSCC(Cc1c(C)nn(C)c1Cl)NN. The Morgan fingerprint density at radius 3 is 2.76 bits per heavy atom. The molecular formula is C11H21ClN4S. The summed E-state index contributed by atoms with van der Waals surface area (Å²) in [5.74, 6) is 7.74. The van der Waals surface area contributed by atoms with Gasteiger partial charge in [0.05, 0.1) is 5.69 Å². The number of hydrazine groups is 1. The third-order valence-corrected chi connectivity index (χ3v) is 4.43. The molecule has 0 aromatic carbocycles. The van der Waals surface area contributed by atoms with E-state index in [9.17, 15) is 0 Å². The highest BCUT2D eigenvalue weighted by Gasteiger charge is 2.16. The van der Waals surface area contributed by atoms with Crippen molar-refractivity contribution in [1.29, 1.82) is 0 Å². The molecule has 0 aliphatic heterocycles. The minimum atomic E-state index is 0.243. The maximum atomic E-state index is 6.20. The molecule has 0 amide bonds. The van der Waals surface area contributed by atoms with Gasteiger partial charge in [-0.15, -0.1) is 0 Å². The van der Waals surface area contributed by atoms with E-state index in [2.05, 4.69) is 17.4 Å². The molecule has 1 atom stereocenters. The van der Waals surface area contributed by atoms with E-state index in [1.54, 1.807) is 4.68 Å². The van der Waals surface area contributed by atoms with Gasteiger partial charge in [0.1, 0.15) is 5.15 Å². The first kappa shape index (κ1) is 14.8. The van der Waals surface area contributed by atoms with Crippen molar-refractivity contribution in [1.82, 2.24) is 15.2 Å². The Labute approximate surface area is 112 Å². The normalized spacial score (nSPS) is 13.0. The third kappa shape index (κ3) is 4.17. The number of hydrogen-bond donors (Lipinski definition) is 2. The van der Waals surface area contributed by atoms with Gasteiger partial charge in [-0.2, -0.15) is 16.9 Å². The highest BCUT2D eigenvalue weighted by molar-refractivity contribution is 7.99. The van der Waals surface area contributed by atoms with Crippen LogP contribution in [-0.2, 0) is 13.5 Å². The van der Waals surface area contributed by atoms with Crippen LogP contribution >= 0.6 is 23.4 Å². The molecule has 1 unspecified atom stereocenters. The van der Waals surface area contributed by atoms with Crippen molar-refractivity contribution in [3.05, 3.63) is 16.4 Å². The Balaban J connectivity index is 2.60.